The molecule has 4 rings (SSSR count). The zero-order valence-electron chi connectivity index (χ0n) is 12.3. The number of nitrogens with zero attached hydrogens (tertiary/aromatic N) is 3. The lowest BCUT2D eigenvalue weighted by Crippen LogP contribution is -2.36. The van der Waals surface area contributed by atoms with Crippen LogP contribution in [0.5, 0.6) is 0 Å². The van der Waals surface area contributed by atoms with E-state index in [0.29, 0.717) is 6.54 Å². The largest absolute Gasteiger partial charge is 0.336 e. The van der Waals surface area contributed by atoms with Crippen molar-refractivity contribution in [3.05, 3.63) is 52.6 Å². The fourth-order valence-electron chi connectivity index (χ4n) is 3.48. The summed E-state index contributed by atoms with van der Waals surface area (Å²) in [6.45, 7) is 1.43. The van der Waals surface area contributed by atoms with Gasteiger partial charge < -0.3 is 9.47 Å². The van der Waals surface area contributed by atoms with Crippen LogP contribution in [-0.4, -0.2) is 26.9 Å². The highest BCUT2D eigenvalue weighted by Crippen LogP contribution is 2.25. The smallest absolute Gasteiger partial charge is 0.254 e. The van der Waals surface area contributed by atoms with Crippen LogP contribution >= 0.6 is 0 Å². The quantitative estimate of drug-likeness (QED) is 0.803. The van der Waals surface area contributed by atoms with Crippen molar-refractivity contribution in [2.75, 3.05) is 6.54 Å². The van der Waals surface area contributed by atoms with Crippen LogP contribution in [0.2, 0.25) is 0 Å². The molecule has 0 radical (unpaired) electrons. The number of rotatable bonds is 1. The van der Waals surface area contributed by atoms with Crippen LogP contribution < -0.4 is 0 Å². The number of carbonyl (C=O) groups is 1. The highest BCUT2D eigenvalue weighted by Gasteiger charge is 2.25. The van der Waals surface area contributed by atoms with E-state index in [-0.39, 0.29) is 5.91 Å². The molecule has 0 fully saturated rings. The van der Waals surface area contributed by atoms with Gasteiger partial charge in [-0.1, -0.05) is 6.07 Å². The summed E-state index contributed by atoms with van der Waals surface area (Å²) in [5.41, 5.74) is 5.91. The predicted molar refractivity (Wildman–Crippen MR) is 80.1 cm³/mol. The van der Waals surface area contributed by atoms with Crippen molar-refractivity contribution in [1.29, 1.82) is 0 Å². The minimum Gasteiger partial charge on any atom is -0.336 e. The van der Waals surface area contributed by atoms with Crippen molar-refractivity contribution in [1.82, 2.24) is 14.5 Å². The van der Waals surface area contributed by atoms with Gasteiger partial charge in [-0.2, -0.15) is 0 Å². The Morgan fingerprint density at radius 1 is 1.19 bits per heavy atom. The van der Waals surface area contributed by atoms with Gasteiger partial charge in [-0.05, 0) is 42.5 Å². The monoisotopic (exact) mass is 281 g/mol. The molecule has 0 bridgehead atoms. The van der Waals surface area contributed by atoms with Crippen molar-refractivity contribution in [2.24, 2.45) is 7.05 Å². The fourth-order valence-corrected chi connectivity index (χ4v) is 3.48. The molecule has 0 atom stereocenters. The van der Waals surface area contributed by atoms with Crippen LogP contribution in [0.25, 0.3) is 0 Å². The number of benzene rings is 1. The molecule has 0 saturated heterocycles. The third-order valence-electron chi connectivity index (χ3n) is 4.74. The Kier molecular flexibility index (Phi) is 2.84. The van der Waals surface area contributed by atoms with Gasteiger partial charge in [-0.15, -0.1) is 0 Å². The molecular weight excluding hydrogens is 262 g/mol. The van der Waals surface area contributed by atoms with E-state index in [9.17, 15) is 4.79 Å². The molecule has 1 aliphatic carbocycles. The second-order valence-corrected chi connectivity index (χ2v) is 6.06. The maximum Gasteiger partial charge on any atom is 0.254 e. The summed E-state index contributed by atoms with van der Waals surface area (Å²) in [7, 11) is 2.00. The van der Waals surface area contributed by atoms with Crippen LogP contribution in [0.15, 0.2) is 24.5 Å². The van der Waals surface area contributed by atoms with E-state index in [1.54, 1.807) is 0 Å². The Balaban J connectivity index is 1.60. The summed E-state index contributed by atoms with van der Waals surface area (Å²) >= 11 is 0. The Labute approximate surface area is 124 Å². The molecule has 4 heteroatoms. The highest BCUT2D eigenvalue weighted by atomic mass is 16.2. The van der Waals surface area contributed by atoms with Gasteiger partial charge in [0.2, 0.25) is 0 Å². The number of carbonyl (C=O) groups excluding carboxylic acids is 1. The third-order valence-corrected chi connectivity index (χ3v) is 4.74. The maximum absolute atomic E-state index is 12.7. The third kappa shape index (κ3) is 2.06. The molecule has 0 unspecified atom stereocenters. The van der Waals surface area contributed by atoms with Crippen molar-refractivity contribution < 1.29 is 4.79 Å². The lowest BCUT2D eigenvalue weighted by Gasteiger charge is -2.27. The Morgan fingerprint density at radius 3 is 2.95 bits per heavy atom. The molecule has 0 N–H and O–H groups in total. The summed E-state index contributed by atoms with van der Waals surface area (Å²) in [6, 6.07) is 6.23. The number of hydrogen-bond donors (Lipinski definition) is 0. The van der Waals surface area contributed by atoms with Gasteiger partial charge in [0.25, 0.3) is 5.91 Å². The lowest BCUT2D eigenvalue weighted by molar-refractivity contribution is 0.0730. The van der Waals surface area contributed by atoms with E-state index < -0.39 is 0 Å². The average molecular weight is 281 g/mol. The number of fused-ring (bicyclic) bond motifs is 2. The second kappa shape index (κ2) is 4.72. The first-order chi connectivity index (χ1) is 10.2. The molecule has 2 aromatic rings. The molecule has 21 heavy (non-hydrogen) atoms. The van der Waals surface area contributed by atoms with Crippen molar-refractivity contribution >= 4 is 5.91 Å². The number of imidazole rings is 1. The highest BCUT2D eigenvalue weighted by molar-refractivity contribution is 5.94. The van der Waals surface area contributed by atoms with Crippen LogP contribution in [0.4, 0.5) is 0 Å². The van der Waals surface area contributed by atoms with E-state index in [1.165, 1.54) is 17.5 Å². The Morgan fingerprint density at radius 2 is 2.05 bits per heavy atom. The zero-order chi connectivity index (χ0) is 14.4. The fraction of sp³-hybridized carbons (Fsp3) is 0.412. The van der Waals surface area contributed by atoms with Crippen molar-refractivity contribution in [3.63, 3.8) is 0 Å². The number of aromatic nitrogens is 2. The van der Waals surface area contributed by atoms with Crippen molar-refractivity contribution in [2.45, 2.75) is 32.2 Å². The van der Waals surface area contributed by atoms with Crippen LogP contribution in [0, 0.1) is 0 Å². The first-order valence-electron chi connectivity index (χ1n) is 7.62. The summed E-state index contributed by atoms with van der Waals surface area (Å²) in [5, 5.41) is 0. The minimum absolute atomic E-state index is 0.150. The molecule has 0 spiro atoms. The van der Waals surface area contributed by atoms with Crippen LogP contribution in [0.1, 0.15) is 39.3 Å². The minimum atomic E-state index is 0.150. The molecule has 2 aliphatic rings. The number of amides is 1. The summed E-state index contributed by atoms with van der Waals surface area (Å²) in [6.07, 6.45) is 6.18. The van der Waals surface area contributed by atoms with E-state index in [4.69, 9.17) is 0 Å². The number of hydrogen-bond acceptors (Lipinski definition) is 2. The van der Waals surface area contributed by atoms with Gasteiger partial charge in [0.15, 0.2) is 0 Å². The standard InChI is InChI=1S/C17H19N3O/c1-19-11-18-15-7-8-20(10-16(15)19)17(21)14-6-5-12-3-2-4-13(12)9-14/h5-6,9,11H,2-4,7-8,10H2,1H3. The zero-order valence-corrected chi connectivity index (χ0v) is 12.3. The van der Waals surface area contributed by atoms with Crippen LogP contribution in [-0.2, 0) is 32.9 Å². The van der Waals surface area contributed by atoms with Gasteiger partial charge in [-0.25, -0.2) is 4.98 Å². The summed E-state index contributed by atoms with van der Waals surface area (Å²) in [4.78, 5) is 19.1. The number of aryl methyl sites for hydroxylation is 3. The van der Waals surface area contributed by atoms with Gasteiger partial charge in [0.05, 0.1) is 24.3 Å². The van der Waals surface area contributed by atoms with Gasteiger partial charge in [0.1, 0.15) is 0 Å². The molecule has 1 aromatic carbocycles. The first kappa shape index (κ1) is 12.6. The van der Waals surface area contributed by atoms with E-state index >= 15 is 0 Å². The molecule has 108 valence electrons. The Bertz CT molecular complexity index is 717. The van der Waals surface area contributed by atoms with E-state index in [2.05, 4.69) is 17.1 Å². The topological polar surface area (TPSA) is 38.1 Å². The molecule has 4 nitrogen and oxygen atoms in total. The van der Waals surface area contributed by atoms with Gasteiger partial charge in [0, 0.05) is 25.6 Å². The summed E-state index contributed by atoms with van der Waals surface area (Å²) < 4.78 is 2.03. The first-order valence-corrected chi connectivity index (χ1v) is 7.62. The SMILES string of the molecule is Cn1cnc2c1CN(C(=O)c1ccc3c(c1)CCC3)CC2. The molecule has 0 saturated carbocycles. The molecule has 1 amide bonds. The van der Waals surface area contributed by atoms with Crippen molar-refractivity contribution in [3.8, 4) is 0 Å². The molecule has 1 aliphatic heterocycles. The van der Waals surface area contributed by atoms with E-state index in [0.717, 1.165) is 42.8 Å². The predicted octanol–water partition coefficient (Wildman–Crippen LogP) is 2.11. The Hall–Kier alpha value is -2.10. The normalized spacial score (nSPS) is 16.7. The molecule has 1 aromatic heterocycles. The van der Waals surface area contributed by atoms with Crippen LogP contribution in [0.3, 0.4) is 0 Å². The average Bonchev–Trinajstić information content (AvgIpc) is 3.12. The molecule has 2 heterocycles. The lowest BCUT2D eigenvalue weighted by atomic mass is 10.0. The van der Waals surface area contributed by atoms with Gasteiger partial charge >= 0.3 is 0 Å². The summed E-state index contributed by atoms with van der Waals surface area (Å²) in [5.74, 6) is 0.150. The molecular formula is C17H19N3O. The van der Waals surface area contributed by atoms with E-state index in [1.807, 2.05) is 28.9 Å². The second-order valence-electron chi connectivity index (χ2n) is 6.06. The maximum atomic E-state index is 12.7. The van der Waals surface area contributed by atoms with Gasteiger partial charge in [-0.3, -0.25) is 4.79 Å².